The van der Waals surface area contributed by atoms with Gasteiger partial charge in [-0.05, 0) is 87.2 Å². The van der Waals surface area contributed by atoms with Crippen LogP contribution in [0.5, 0.6) is 5.75 Å². The van der Waals surface area contributed by atoms with Crippen LogP contribution in [0.25, 0.3) is 0 Å². The first-order valence-electron chi connectivity index (χ1n) is 12.9. The fourth-order valence-electron chi connectivity index (χ4n) is 4.75. The van der Waals surface area contributed by atoms with Crippen molar-refractivity contribution >= 4 is 27.5 Å². The summed E-state index contributed by atoms with van der Waals surface area (Å²) in [6.07, 6.45) is -0.397. The Kier molecular flexibility index (Phi) is 7.82. The number of alkyl halides is 3. The summed E-state index contributed by atoms with van der Waals surface area (Å²) >= 11 is 5.87. The molecule has 39 heavy (non-hydrogen) atoms. The van der Waals surface area contributed by atoms with Gasteiger partial charge in [0, 0.05) is 17.6 Å². The molecule has 2 aromatic rings. The lowest BCUT2D eigenvalue weighted by atomic mass is 9.97. The van der Waals surface area contributed by atoms with Crippen LogP contribution in [0.3, 0.4) is 0 Å². The number of nitrogens with zero attached hydrogens (tertiary/aromatic N) is 2. The molecule has 1 amide bonds. The van der Waals surface area contributed by atoms with Gasteiger partial charge in [0.05, 0.1) is 23.1 Å². The highest BCUT2D eigenvalue weighted by Crippen LogP contribution is 2.45. The second-order valence-corrected chi connectivity index (χ2v) is 12.9. The molecule has 1 aliphatic heterocycles. The molecule has 3 aliphatic rings. The van der Waals surface area contributed by atoms with Crippen LogP contribution in [0.2, 0.25) is 5.02 Å². The van der Waals surface area contributed by atoms with Gasteiger partial charge in [0.2, 0.25) is 10.0 Å². The topological polar surface area (TPSA) is 88.6 Å². The maximum atomic E-state index is 14.9. The summed E-state index contributed by atoms with van der Waals surface area (Å²) in [5.74, 6) is -1.19. The van der Waals surface area contributed by atoms with Gasteiger partial charge in [-0.3, -0.25) is 9.69 Å². The second kappa shape index (κ2) is 10.9. The van der Waals surface area contributed by atoms with Crippen molar-refractivity contribution in [3.63, 3.8) is 0 Å². The highest BCUT2D eigenvalue weighted by molar-refractivity contribution is 7.91. The van der Waals surface area contributed by atoms with Crippen molar-refractivity contribution in [2.75, 3.05) is 19.7 Å². The molecule has 1 N–H and O–H groups in total. The van der Waals surface area contributed by atoms with Crippen molar-refractivity contribution < 1.29 is 35.5 Å². The van der Waals surface area contributed by atoms with Crippen LogP contribution < -0.4 is 9.46 Å². The monoisotopic (exact) mass is 589 g/mol. The van der Waals surface area contributed by atoms with E-state index < -0.39 is 38.9 Å². The molecule has 0 radical (unpaired) electrons. The second-order valence-electron chi connectivity index (χ2n) is 10.5. The first kappa shape index (κ1) is 28.1. The number of nitrogens with one attached hydrogen (secondary N) is 1. The minimum absolute atomic E-state index is 0.0117. The fraction of sp³-hybridized carbons (Fsp3) is 0.538. The molecule has 5 rings (SSSR count). The van der Waals surface area contributed by atoms with E-state index in [1.807, 2.05) is 9.62 Å². The zero-order valence-electron chi connectivity index (χ0n) is 20.9. The van der Waals surface area contributed by atoms with Crippen LogP contribution in [0.4, 0.5) is 17.6 Å². The van der Waals surface area contributed by atoms with Gasteiger partial charge in [-0.2, -0.15) is 13.2 Å². The maximum Gasteiger partial charge on any atom is 0.433 e. The average molecular weight is 590 g/mol. The van der Waals surface area contributed by atoms with Gasteiger partial charge in [0.1, 0.15) is 17.3 Å². The normalized spacial score (nSPS) is 19.2. The van der Waals surface area contributed by atoms with Crippen molar-refractivity contribution in [1.29, 1.82) is 0 Å². The third kappa shape index (κ3) is 7.01. The van der Waals surface area contributed by atoms with Crippen LogP contribution in [-0.2, 0) is 22.7 Å². The molecule has 3 fully saturated rings. The number of ether oxygens (including phenoxy) is 1. The SMILES string of the molecule is O=C(NS(=O)(=O)C1CC1)c1cc(C2CC2)c(OCC2CCN(Cc3cc(Cl)cc(C(F)(F)F)n3)CC2)cc1F. The minimum Gasteiger partial charge on any atom is -0.493 e. The van der Waals surface area contributed by atoms with E-state index in [2.05, 4.69) is 4.98 Å². The van der Waals surface area contributed by atoms with Crippen LogP contribution in [0.1, 0.15) is 71.8 Å². The van der Waals surface area contributed by atoms with Gasteiger partial charge in [-0.25, -0.2) is 22.5 Å². The van der Waals surface area contributed by atoms with Crippen molar-refractivity contribution in [2.24, 2.45) is 5.92 Å². The van der Waals surface area contributed by atoms with Gasteiger partial charge in [0.15, 0.2) is 0 Å². The summed E-state index contributed by atoms with van der Waals surface area (Å²) in [5, 5.41) is -0.608. The minimum atomic E-state index is -4.57. The van der Waals surface area contributed by atoms with E-state index in [0.717, 1.165) is 37.8 Å². The number of aromatic nitrogens is 1. The number of rotatable bonds is 9. The number of hydrogen-bond acceptors (Lipinski definition) is 6. The van der Waals surface area contributed by atoms with Crippen LogP contribution >= 0.6 is 11.6 Å². The predicted molar refractivity (Wildman–Crippen MR) is 136 cm³/mol. The molecule has 7 nitrogen and oxygen atoms in total. The van der Waals surface area contributed by atoms with Crippen molar-refractivity contribution in [2.45, 2.75) is 62.4 Å². The number of piperidine rings is 1. The molecular weight excluding hydrogens is 562 g/mol. The van der Waals surface area contributed by atoms with E-state index >= 15 is 0 Å². The van der Waals surface area contributed by atoms with Gasteiger partial charge in [-0.15, -0.1) is 0 Å². The lowest BCUT2D eigenvalue weighted by molar-refractivity contribution is -0.141. The van der Waals surface area contributed by atoms with E-state index in [-0.39, 0.29) is 34.7 Å². The Morgan fingerprint density at radius 1 is 1.08 bits per heavy atom. The van der Waals surface area contributed by atoms with Crippen molar-refractivity contribution in [3.05, 3.63) is 57.6 Å². The largest absolute Gasteiger partial charge is 0.493 e. The molecule has 0 unspecified atom stereocenters. The number of pyridine rings is 1. The summed E-state index contributed by atoms with van der Waals surface area (Å²) < 4.78 is 86.3. The summed E-state index contributed by atoms with van der Waals surface area (Å²) in [7, 11) is -3.80. The molecule has 2 heterocycles. The van der Waals surface area contributed by atoms with Crippen LogP contribution in [0.15, 0.2) is 24.3 Å². The third-order valence-electron chi connectivity index (χ3n) is 7.26. The summed E-state index contributed by atoms with van der Waals surface area (Å²) in [6, 6.07) is 4.80. The first-order valence-corrected chi connectivity index (χ1v) is 14.8. The predicted octanol–water partition coefficient (Wildman–Crippen LogP) is 5.28. The molecular formula is C26H28ClF4N3O4S. The van der Waals surface area contributed by atoms with Crippen molar-refractivity contribution in [3.8, 4) is 5.75 Å². The number of halogens is 5. The van der Waals surface area contributed by atoms with E-state index in [9.17, 15) is 30.8 Å². The zero-order valence-corrected chi connectivity index (χ0v) is 22.5. The highest BCUT2D eigenvalue weighted by atomic mass is 35.5. The molecule has 2 saturated carbocycles. The Balaban J connectivity index is 1.18. The average Bonchev–Trinajstić information content (AvgIpc) is 3.75. The number of hydrogen-bond donors (Lipinski definition) is 1. The van der Waals surface area contributed by atoms with E-state index in [4.69, 9.17) is 16.3 Å². The number of benzene rings is 1. The Hall–Kier alpha value is -2.44. The lowest BCUT2D eigenvalue weighted by Crippen LogP contribution is -2.35. The quantitative estimate of drug-likeness (QED) is 0.400. The standard InChI is InChI=1S/C26H28ClF4N3O4S/c27-17-9-18(32-24(10-17)26(29,30)31)13-34-7-5-15(6-8-34)14-38-23-12-22(28)21(11-20(23)16-1-2-16)25(35)33-39(36,37)19-3-4-19/h9-12,15-16,19H,1-8,13-14H2,(H,33,35). The number of carbonyl (C=O) groups excluding carboxylic acids is 1. The number of carbonyl (C=O) groups is 1. The Morgan fingerprint density at radius 2 is 1.77 bits per heavy atom. The maximum absolute atomic E-state index is 14.9. The number of amides is 1. The van der Waals surface area contributed by atoms with Crippen molar-refractivity contribution in [1.82, 2.24) is 14.6 Å². The number of likely N-dealkylation sites (tertiary alicyclic amines) is 1. The third-order valence-corrected chi connectivity index (χ3v) is 9.30. The zero-order chi connectivity index (χ0) is 27.9. The summed E-state index contributed by atoms with van der Waals surface area (Å²) in [6.45, 7) is 1.82. The van der Waals surface area contributed by atoms with Crippen LogP contribution in [-0.4, -0.2) is 49.2 Å². The molecule has 0 bridgehead atoms. The first-order chi connectivity index (χ1) is 18.4. The highest BCUT2D eigenvalue weighted by Gasteiger charge is 2.38. The van der Waals surface area contributed by atoms with Gasteiger partial charge in [0.25, 0.3) is 5.91 Å². The van der Waals surface area contributed by atoms with E-state index in [1.165, 1.54) is 12.1 Å². The number of sulfonamides is 1. The van der Waals surface area contributed by atoms with E-state index in [0.29, 0.717) is 43.9 Å². The molecule has 212 valence electrons. The molecule has 1 aromatic carbocycles. The molecule has 1 aromatic heterocycles. The Morgan fingerprint density at radius 3 is 2.38 bits per heavy atom. The fourth-order valence-corrected chi connectivity index (χ4v) is 6.28. The smallest absolute Gasteiger partial charge is 0.433 e. The molecule has 1 saturated heterocycles. The van der Waals surface area contributed by atoms with E-state index in [1.54, 1.807) is 0 Å². The van der Waals surface area contributed by atoms with Crippen LogP contribution in [0, 0.1) is 11.7 Å². The summed E-state index contributed by atoms with van der Waals surface area (Å²) in [4.78, 5) is 18.2. The lowest BCUT2D eigenvalue weighted by Gasteiger charge is -2.32. The Labute approximate surface area is 228 Å². The van der Waals surface area contributed by atoms with Gasteiger partial charge in [-0.1, -0.05) is 11.6 Å². The van der Waals surface area contributed by atoms with Gasteiger partial charge >= 0.3 is 6.18 Å². The summed E-state index contributed by atoms with van der Waals surface area (Å²) in [5.41, 5.74) is -0.386. The van der Waals surface area contributed by atoms with Gasteiger partial charge < -0.3 is 4.74 Å². The molecule has 13 heteroatoms. The molecule has 2 aliphatic carbocycles. The molecule has 0 atom stereocenters. The molecule has 0 spiro atoms. The Bertz CT molecular complexity index is 1360.